The molecule has 0 saturated carbocycles. The SMILES string of the molecule is CCCc1ccc(C(=O)CCC(=O)N(C)C2CC3CCC(C2)N3)cc1.Cl. The minimum absolute atomic E-state index is 0. The summed E-state index contributed by atoms with van der Waals surface area (Å²) in [6, 6.07) is 9.31. The second-order valence-corrected chi connectivity index (χ2v) is 7.64. The Bertz CT molecular complexity index is 605. The molecule has 1 aromatic rings. The van der Waals surface area contributed by atoms with Gasteiger partial charge in [-0.3, -0.25) is 9.59 Å². The molecule has 0 radical (unpaired) electrons. The number of ketones is 1. The van der Waals surface area contributed by atoms with E-state index in [0.29, 0.717) is 31.0 Å². The lowest BCUT2D eigenvalue weighted by Crippen LogP contribution is -2.48. The summed E-state index contributed by atoms with van der Waals surface area (Å²) in [6.45, 7) is 2.15. The maximum atomic E-state index is 12.5. The standard InChI is InChI=1S/C21H30N2O2.ClH/c1-3-4-15-5-7-16(8-6-15)20(24)11-12-21(25)23(2)19-13-17-9-10-18(14-19)22-17;/h5-8,17-19,22H,3-4,9-14H2,1-2H3;1H. The molecule has 26 heavy (non-hydrogen) atoms. The Morgan fingerprint density at radius 3 is 2.27 bits per heavy atom. The molecule has 2 bridgehead atoms. The van der Waals surface area contributed by atoms with Gasteiger partial charge in [-0.05, 0) is 37.7 Å². The van der Waals surface area contributed by atoms with Crippen molar-refractivity contribution in [1.29, 1.82) is 0 Å². The van der Waals surface area contributed by atoms with E-state index in [2.05, 4.69) is 12.2 Å². The van der Waals surface area contributed by atoms with Gasteiger partial charge in [0.2, 0.25) is 5.91 Å². The van der Waals surface area contributed by atoms with Gasteiger partial charge in [-0.15, -0.1) is 12.4 Å². The summed E-state index contributed by atoms with van der Waals surface area (Å²) in [5.74, 6) is 0.164. The van der Waals surface area contributed by atoms with E-state index in [9.17, 15) is 9.59 Å². The lowest BCUT2D eigenvalue weighted by molar-refractivity contribution is -0.132. The Labute approximate surface area is 163 Å². The third-order valence-electron chi connectivity index (χ3n) is 5.77. The molecule has 1 aromatic carbocycles. The van der Waals surface area contributed by atoms with Gasteiger partial charge >= 0.3 is 0 Å². The Hall–Kier alpha value is -1.39. The molecule has 144 valence electrons. The molecule has 1 amide bonds. The summed E-state index contributed by atoms with van der Waals surface area (Å²) in [5.41, 5.74) is 1.98. The van der Waals surface area contributed by atoms with E-state index >= 15 is 0 Å². The number of nitrogens with one attached hydrogen (secondary N) is 1. The second kappa shape index (κ2) is 9.52. The highest BCUT2D eigenvalue weighted by Gasteiger charge is 2.36. The van der Waals surface area contributed by atoms with E-state index in [1.165, 1.54) is 18.4 Å². The normalized spacial score (nSPS) is 24.0. The number of halogens is 1. The summed E-state index contributed by atoms with van der Waals surface area (Å²) < 4.78 is 0. The van der Waals surface area contributed by atoms with Gasteiger partial charge in [0.05, 0.1) is 0 Å². The van der Waals surface area contributed by atoms with E-state index in [1.54, 1.807) is 0 Å². The molecule has 3 rings (SSSR count). The molecule has 4 nitrogen and oxygen atoms in total. The second-order valence-electron chi connectivity index (χ2n) is 7.64. The quantitative estimate of drug-likeness (QED) is 0.735. The average Bonchev–Trinajstić information content (AvgIpc) is 2.97. The third-order valence-corrected chi connectivity index (χ3v) is 5.77. The highest BCUT2D eigenvalue weighted by Crippen LogP contribution is 2.29. The fourth-order valence-corrected chi connectivity index (χ4v) is 4.23. The Balaban J connectivity index is 0.00000243. The number of amides is 1. The number of nitrogens with zero attached hydrogens (tertiary/aromatic N) is 1. The molecule has 0 aliphatic carbocycles. The number of carbonyl (C=O) groups excluding carboxylic acids is 2. The van der Waals surface area contributed by atoms with Crippen molar-refractivity contribution in [3.05, 3.63) is 35.4 Å². The first-order chi connectivity index (χ1) is 12.1. The van der Waals surface area contributed by atoms with Gasteiger partial charge in [0.15, 0.2) is 5.78 Å². The van der Waals surface area contributed by atoms with Crippen LogP contribution in [0.4, 0.5) is 0 Å². The largest absolute Gasteiger partial charge is 0.343 e. The Morgan fingerprint density at radius 2 is 1.69 bits per heavy atom. The van der Waals surface area contributed by atoms with Gasteiger partial charge in [0, 0.05) is 43.6 Å². The molecule has 2 aliphatic rings. The van der Waals surface area contributed by atoms with Crippen molar-refractivity contribution in [3.8, 4) is 0 Å². The number of hydrogen-bond donors (Lipinski definition) is 1. The maximum absolute atomic E-state index is 12.5. The van der Waals surface area contributed by atoms with Crippen LogP contribution in [0.5, 0.6) is 0 Å². The molecule has 2 unspecified atom stereocenters. The first-order valence-electron chi connectivity index (χ1n) is 9.70. The average molecular weight is 379 g/mol. The Kier molecular flexibility index (Phi) is 7.66. The molecular formula is C21H31ClN2O2. The molecule has 2 aliphatic heterocycles. The molecule has 2 atom stereocenters. The third kappa shape index (κ3) is 5.08. The topological polar surface area (TPSA) is 49.4 Å². The van der Waals surface area contributed by atoms with Gasteiger partial charge in [0.1, 0.15) is 0 Å². The maximum Gasteiger partial charge on any atom is 0.223 e. The molecule has 0 aromatic heterocycles. The number of benzene rings is 1. The fourth-order valence-electron chi connectivity index (χ4n) is 4.23. The summed E-state index contributed by atoms with van der Waals surface area (Å²) in [5, 5.41) is 3.61. The highest BCUT2D eigenvalue weighted by molar-refractivity contribution is 5.98. The first-order valence-corrected chi connectivity index (χ1v) is 9.70. The molecular weight excluding hydrogens is 348 g/mol. The van der Waals surface area contributed by atoms with Crippen LogP contribution in [0.25, 0.3) is 0 Å². The Morgan fingerprint density at radius 1 is 1.08 bits per heavy atom. The minimum atomic E-state index is 0. The van der Waals surface area contributed by atoms with E-state index in [-0.39, 0.29) is 24.1 Å². The van der Waals surface area contributed by atoms with Crippen LogP contribution < -0.4 is 5.32 Å². The van der Waals surface area contributed by atoms with Gasteiger partial charge in [-0.1, -0.05) is 37.6 Å². The van der Waals surface area contributed by atoms with Crippen molar-refractivity contribution < 1.29 is 9.59 Å². The van der Waals surface area contributed by atoms with Crippen LogP contribution in [0.15, 0.2) is 24.3 Å². The number of Topliss-reactive ketones (excluding diaryl/α,β-unsaturated/α-hetero) is 1. The predicted octanol–water partition coefficient (Wildman–Crippen LogP) is 3.77. The minimum Gasteiger partial charge on any atom is -0.343 e. The van der Waals surface area contributed by atoms with Crippen LogP contribution in [0, 0.1) is 0 Å². The number of rotatable bonds is 7. The van der Waals surface area contributed by atoms with Crippen molar-refractivity contribution in [1.82, 2.24) is 10.2 Å². The van der Waals surface area contributed by atoms with Crippen molar-refractivity contribution in [2.75, 3.05) is 7.05 Å². The van der Waals surface area contributed by atoms with E-state index in [4.69, 9.17) is 0 Å². The van der Waals surface area contributed by atoms with Crippen LogP contribution >= 0.6 is 12.4 Å². The monoisotopic (exact) mass is 378 g/mol. The molecule has 5 heteroatoms. The van der Waals surface area contributed by atoms with Crippen LogP contribution in [0.3, 0.4) is 0 Å². The van der Waals surface area contributed by atoms with E-state index < -0.39 is 0 Å². The van der Waals surface area contributed by atoms with Crippen LogP contribution in [-0.2, 0) is 11.2 Å². The number of piperidine rings is 1. The zero-order chi connectivity index (χ0) is 17.8. The fraction of sp³-hybridized carbons (Fsp3) is 0.619. The lowest BCUT2D eigenvalue weighted by Gasteiger charge is -2.35. The lowest BCUT2D eigenvalue weighted by atomic mass is 9.97. The summed E-state index contributed by atoms with van der Waals surface area (Å²) in [6.07, 6.45) is 7.31. The smallest absolute Gasteiger partial charge is 0.223 e. The zero-order valence-corrected chi connectivity index (χ0v) is 16.7. The number of fused-ring (bicyclic) bond motifs is 2. The molecule has 1 N–H and O–H groups in total. The zero-order valence-electron chi connectivity index (χ0n) is 15.9. The summed E-state index contributed by atoms with van der Waals surface area (Å²) in [7, 11) is 1.90. The van der Waals surface area contributed by atoms with Crippen LogP contribution in [-0.4, -0.2) is 41.8 Å². The van der Waals surface area contributed by atoms with Crippen molar-refractivity contribution in [2.45, 2.75) is 76.4 Å². The molecule has 2 heterocycles. The summed E-state index contributed by atoms with van der Waals surface area (Å²) >= 11 is 0. The molecule has 2 saturated heterocycles. The highest BCUT2D eigenvalue weighted by atomic mass is 35.5. The van der Waals surface area contributed by atoms with Crippen molar-refractivity contribution in [3.63, 3.8) is 0 Å². The first kappa shape index (κ1) is 20.9. The van der Waals surface area contributed by atoms with Crippen molar-refractivity contribution in [2.24, 2.45) is 0 Å². The number of carbonyl (C=O) groups is 2. The van der Waals surface area contributed by atoms with Gasteiger partial charge < -0.3 is 10.2 Å². The molecule has 0 spiro atoms. The summed E-state index contributed by atoms with van der Waals surface area (Å²) in [4.78, 5) is 26.7. The van der Waals surface area contributed by atoms with Crippen molar-refractivity contribution >= 4 is 24.1 Å². The predicted molar refractivity (Wildman–Crippen MR) is 107 cm³/mol. The van der Waals surface area contributed by atoms with Crippen LogP contribution in [0.2, 0.25) is 0 Å². The number of aryl methyl sites for hydroxylation is 1. The van der Waals surface area contributed by atoms with Gasteiger partial charge in [-0.2, -0.15) is 0 Å². The number of hydrogen-bond acceptors (Lipinski definition) is 3. The molecule has 2 fully saturated rings. The van der Waals surface area contributed by atoms with Gasteiger partial charge in [0.25, 0.3) is 0 Å². The van der Waals surface area contributed by atoms with Gasteiger partial charge in [-0.25, -0.2) is 0 Å². The van der Waals surface area contributed by atoms with E-state index in [0.717, 1.165) is 31.2 Å². The van der Waals surface area contributed by atoms with Crippen LogP contribution in [0.1, 0.15) is 67.8 Å². The van der Waals surface area contributed by atoms with E-state index in [1.807, 2.05) is 36.2 Å².